The van der Waals surface area contributed by atoms with Crippen LogP contribution in [0.2, 0.25) is 0 Å². The number of carbonyl (C=O) groups excluding carboxylic acids is 1. The van der Waals surface area contributed by atoms with Crippen molar-refractivity contribution < 1.29 is 9.53 Å². The number of ether oxygens (including phenoxy) is 1. The molecule has 0 saturated carbocycles. The van der Waals surface area contributed by atoms with Crippen LogP contribution in [0, 0.1) is 6.92 Å². The summed E-state index contributed by atoms with van der Waals surface area (Å²) < 4.78 is 5.45. The number of hydrogen-bond acceptors (Lipinski definition) is 6. The van der Waals surface area contributed by atoms with Crippen molar-refractivity contribution >= 4 is 51.5 Å². The second-order valence-electron chi connectivity index (χ2n) is 10.3. The van der Waals surface area contributed by atoms with Crippen molar-refractivity contribution in [2.24, 2.45) is 4.99 Å². The molecule has 2 saturated heterocycles. The summed E-state index contributed by atoms with van der Waals surface area (Å²) in [6.45, 7) is 12.1. The minimum absolute atomic E-state index is 0.0219. The molecule has 0 unspecified atom stereocenters. The maximum atomic E-state index is 13.1. The lowest BCUT2D eigenvalue weighted by atomic mass is 9.87. The van der Waals surface area contributed by atoms with Crippen molar-refractivity contribution in [3.8, 4) is 0 Å². The van der Waals surface area contributed by atoms with Crippen LogP contribution >= 0.6 is 11.8 Å². The molecule has 3 heterocycles. The fourth-order valence-corrected chi connectivity index (χ4v) is 5.91. The number of aliphatic imine (C=N–C) groups is 1. The number of rotatable bonds is 3. The summed E-state index contributed by atoms with van der Waals surface area (Å²) in [5.41, 5.74) is 7.90. The summed E-state index contributed by atoms with van der Waals surface area (Å²) >= 11 is 1.43. The largest absolute Gasteiger partial charge is 0.378 e. The van der Waals surface area contributed by atoms with Gasteiger partial charge in [-0.3, -0.25) is 9.69 Å². The van der Waals surface area contributed by atoms with E-state index in [9.17, 15) is 4.79 Å². The molecule has 2 aromatic carbocycles. The maximum Gasteiger partial charge on any atom is 0.266 e. The zero-order valence-electron chi connectivity index (χ0n) is 22.0. The number of hydrogen-bond donors (Lipinski definition) is 0. The second-order valence-corrected chi connectivity index (χ2v) is 11.3. The topological polar surface area (TPSA) is 48.4 Å². The van der Waals surface area contributed by atoms with Crippen molar-refractivity contribution in [2.45, 2.75) is 33.2 Å². The molecular weight excluding hydrogens is 468 g/mol. The molecular formula is C29H34N4O2S. The van der Waals surface area contributed by atoms with Gasteiger partial charge in [0.1, 0.15) is 0 Å². The highest BCUT2D eigenvalue weighted by molar-refractivity contribution is 8.18. The zero-order chi connectivity index (χ0) is 25.6. The molecule has 5 rings (SSSR count). The highest BCUT2D eigenvalue weighted by Crippen LogP contribution is 2.41. The van der Waals surface area contributed by atoms with Crippen molar-refractivity contribution in [2.75, 3.05) is 50.2 Å². The van der Waals surface area contributed by atoms with Gasteiger partial charge in [-0.2, -0.15) is 0 Å². The first-order valence-corrected chi connectivity index (χ1v) is 13.2. The van der Waals surface area contributed by atoms with Crippen LogP contribution in [-0.2, 0) is 9.53 Å². The Kier molecular flexibility index (Phi) is 6.47. The number of amidine groups is 1. The number of amides is 1. The SMILES string of the molecule is CC1=CC(C)(C)N(C)c2cc(C)c(/C=C3\SC(=Nc4ccc(N5CCOCC5)cc4)N(C)C3=O)cc21. The highest BCUT2D eigenvalue weighted by Gasteiger charge is 2.32. The normalized spacial score (nSPS) is 21.9. The predicted octanol–water partition coefficient (Wildman–Crippen LogP) is 5.70. The summed E-state index contributed by atoms with van der Waals surface area (Å²) in [6, 6.07) is 12.7. The third-order valence-corrected chi connectivity index (χ3v) is 8.41. The Labute approximate surface area is 218 Å². The van der Waals surface area contributed by atoms with Gasteiger partial charge in [-0.15, -0.1) is 0 Å². The number of anilines is 2. The summed E-state index contributed by atoms with van der Waals surface area (Å²) in [7, 11) is 3.93. The molecule has 7 heteroatoms. The Morgan fingerprint density at radius 2 is 1.75 bits per heavy atom. The fraction of sp³-hybridized carbons (Fsp3) is 0.379. The van der Waals surface area contributed by atoms with E-state index in [0.29, 0.717) is 10.1 Å². The van der Waals surface area contributed by atoms with Gasteiger partial charge in [-0.1, -0.05) is 6.08 Å². The number of likely N-dealkylation sites (N-methyl/N-ethyl adjacent to an activating group) is 2. The molecule has 0 aliphatic carbocycles. The predicted molar refractivity (Wildman–Crippen MR) is 152 cm³/mol. The summed E-state index contributed by atoms with van der Waals surface area (Å²) in [4.78, 5) is 24.8. The smallest absolute Gasteiger partial charge is 0.266 e. The van der Waals surface area contributed by atoms with Crippen LogP contribution in [-0.4, -0.2) is 61.9 Å². The zero-order valence-corrected chi connectivity index (χ0v) is 22.8. The van der Waals surface area contributed by atoms with E-state index in [1.165, 1.54) is 34.3 Å². The molecule has 0 spiro atoms. The summed E-state index contributed by atoms with van der Waals surface area (Å²) in [5.74, 6) is -0.0219. The first-order chi connectivity index (χ1) is 17.1. The fourth-order valence-electron chi connectivity index (χ4n) is 4.94. The van der Waals surface area contributed by atoms with Crippen LogP contribution in [0.15, 0.2) is 52.4 Å². The van der Waals surface area contributed by atoms with Crippen LogP contribution < -0.4 is 9.80 Å². The monoisotopic (exact) mass is 502 g/mol. The van der Waals surface area contributed by atoms with Gasteiger partial charge in [-0.25, -0.2) is 4.99 Å². The number of fused-ring (bicyclic) bond motifs is 1. The van der Waals surface area contributed by atoms with Gasteiger partial charge in [0.2, 0.25) is 0 Å². The van der Waals surface area contributed by atoms with E-state index in [1.54, 1.807) is 11.9 Å². The molecule has 3 aliphatic rings. The quantitative estimate of drug-likeness (QED) is 0.504. The van der Waals surface area contributed by atoms with Crippen molar-refractivity contribution in [1.82, 2.24) is 4.90 Å². The highest BCUT2D eigenvalue weighted by atomic mass is 32.2. The molecule has 36 heavy (non-hydrogen) atoms. The van der Waals surface area contributed by atoms with E-state index in [0.717, 1.165) is 43.1 Å². The van der Waals surface area contributed by atoms with Crippen molar-refractivity contribution in [1.29, 1.82) is 0 Å². The molecule has 0 aromatic heterocycles. The van der Waals surface area contributed by atoms with E-state index in [1.807, 2.05) is 18.2 Å². The number of thioether (sulfide) groups is 1. The minimum atomic E-state index is -0.0325. The van der Waals surface area contributed by atoms with Gasteiger partial charge in [0.15, 0.2) is 5.17 Å². The Morgan fingerprint density at radius 1 is 1.06 bits per heavy atom. The Balaban J connectivity index is 1.40. The van der Waals surface area contributed by atoms with E-state index in [2.05, 4.69) is 74.9 Å². The first kappa shape index (κ1) is 24.7. The van der Waals surface area contributed by atoms with Gasteiger partial charge >= 0.3 is 0 Å². The van der Waals surface area contributed by atoms with Crippen LogP contribution in [0.3, 0.4) is 0 Å². The van der Waals surface area contributed by atoms with Crippen LogP contribution in [0.25, 0.3) is 11.6 Å². The molecule has 0 N–H and O–H groups in total. The average Bonchev–Trinajstić information content (AvgIpc) is 3.12. The lowest BCUT2D eigenvalue weighted by Gasteiger charge is -2.41. The molecule has 1 amide bonds. The third kappa shape index (κ3) is 4.58. The van der Waals surface area contributed by atoms with Crippen molar-refractivity contribution in [3.63, 3.8) is 0 Å². The molecule has 188 valence electrons. The van der Waals surface area contributed by atoms with Gasteiger partial charge in [-0.05, 0) is 98.6 Å². The molecule has 2 aromatic rings. The van der Waals surface area contributed by atoms with E-state index in [4.69, 9.17) is 9.73 Å². The van der Waals surface area contributed by atoms with Crippen LogP contribution in [0.4, 0.5) is 17.1 Å². The lowest BCUT2D eigenvalue weighted by molar-refractivity contribution is -0.121. The maximum absolute atomic E-state index is 13.1. The lowest BCUT2D eigenvalue weighted by Crippen LogP contribution is -2.42. The van der Waals surface area contributed by atoms with Crippen LogP contribution in [0.1, 0.15) is 37.5 Å². The summed E-state index contributed by atoms with van der Waals surface area (Å²) in [5, 5.41) is 0.693. The second kappa shape index (κ2) is 9.45. The van der Waals surface area contributed by atoms with E-state index >= 15 is 0 Å². The molecule has 2 fully saturated rings. The number of benzene rings is 2. The average molecular weight is 503 g/mol. The first-order valence-electron chi connectivity index (χ1n) is 12.4. The molecule has 0 bridgehead atoms. The number of carbonyl (C=O) groups is 1. The van der Waals surface area contributed by atoms with Gasteiger partial charge < -0.3 is 14.5 Å². The Morgan fingerprint density at radius 3 is 2.44 bits per heavy atom. The van der Waals surface area contributed by atoms with Gasteiger partial charge in [0.25, 0.3) is 5.91 Å². The minimum Gasteiger partial charge on any atom is -0.378 e. The third-order valence-electron chi connectivity index (χ3n) is 7.35. The Bertz CT molecular complexity index is 1290. The van der Waals surface area contributed by atoms with Crippen LogP contribution in [0.5, 0.6) is 0 Å². The van der Waals surface area contributed by atoms with E-state index < -0.39 is 0 Å². The molecule has 0 atom stereocenters. The van der Waals surface area contributed by atoms with Gasteiger partial charge in [0, 0.05) is 44.1 Å². The molecule has 3 aliphatic heterocycles. The summed E-state index contributed by atoms with van der Waals surface area (Å²) in [6.07, 6.45) is 4.32. The van der Waals surface area contributed by atoms with Crippen molar-refractivity contribution in [3.05, 3.63) is 64.1 Å². The number of morpholine rings is 1. The molecule has 6 nitrogen and oxygen atoms in total. The molecule has 0 radical (unpaired) electrons. The number of aryl methyl sites for hydroxylation is 1. The Hall–Kier alpha value is -3.03. The standard InChI is InChI=1S/C29H34N4O2S/c1-19-15-25-24(20(2)18-29(3,4)32(25)6)16-21(19)17-26-27(34)31(5)28(36-26)30-22-7-9-23(10-8-22)33-11-13-35-14-12-33/h7-10,15-18H,11-14H2,1-6H3/b26-17-,30-28?. The number of allylic oxidation sites excluding steroid dienone is 1. The number of nitrogens with zero attached hydrogens (tertiary/aromatic N) is 4. The van der Waals surface area contributed by atoms with E-state index in [-0.39, 0.29) is 11.4 Å². The van der Waals surface area contributed by atoms with Gasteiger partial charge in [0.05, 0.1) is 29.3 Å².